The van der Waals surface area contributed by atoms with Crippen LogP contribution in [0.15, 0.2) is 30.3 Å². The number of piperidine rings is 1. The summed E-state index contributed by atoms with van der Waals surface area (Å²) in [6.07, 6.45) is 3.49. The number of nitrogens with zero attached hydrogens (tertiary/aromatic N) is 2. The summed E-state index contributed by atoms with van der Waals surface area (Å²) >= 11 is 0. The molecule has 1 saturated heterocycles. The largest absolute Gasteiger partial charge is 0.348 e. The molecule has 0 aliphatic carbocycles. The van der Waals surface area contributed by atoms with Crippen LogP contribution in [-0.2, 0) is 6.54 Å². The van der Waals surface area contributed by atoms with Crippen molar-refractivity contribution >= 4 is 16.8 Å². The predicted molar refractivity (Wildman–Crippen MR) is 113 cm³/mol. The smallest absolute Gasteiger partial charge is 0.272 e. The summed E-state index contributed by atoms with van der Waals surface area (Å²) in [5.41, 5.74) is 2.36. The van der Waals surface area contributed by atoms with E-state index < -0.39 is 11.6 Å². The molecule has 0 atom stereocenters. The lowest BCUT2D eigenvalue weighted by molar-refractivity contribution is 0.0939. The number of hydrogen-bond donors (Lipinski definition) is 2. The van der Waals surface area contributed by atoms with Crippen molar-refractivity contribution in [1.82, 2.24) is 20.4 Å². The average molecular weight is 412 g/mol. The predicted octanol–water partition coefficient (Wildman–Crippen LogP) is 4.63. The molecule has 1 amide bonds. The van der Waals surface area contributed by atoms with E-state index in [2.05, 4.69) is 20.4 Å². The topological polar surface area (TPSA) is 61.0 Å². The number of nitrogens with one attached hydrogen (secondary N) is 2. The van der Waals surface area contributed by atoms with Crippen LogP contribution in [0, 0.1) is 11.6 Å². The third kappa shape index (κ3) is 4.21. The van der Waals surface area contributed by atoms with Crippen molar-refractivity contribution in [3.63, 3.8) is 0 Å². The summed E-state index contributed by atoms with van der Waals surface area (Å²) in [4.78, 5) is 14.7. The number of benzene rings is 2. The quantitative estimate of drug-likeness (QED) is 0.642. The van der Waals surface area contributed by atoms with E-state index >= 15 is 0 Å². The third-order valence-corrected chi connectivity index (χ3v) is 5.45. The van der Waals surface area contributed by atoms with Crippen LogP contribution < -0.4 is 5.32 Å². The Bertz CT molecular complexity index is 1070. The number of aromatic nitrogens is 2. The SMILES string of the molecule is CC(C)NC(=O)c1n[nH]c2ccc(-c3cc(CN4CCCCC4)cc(F)c3F)cc12. The standard InChI is InChI=1S/C23H26F2N4O/c1-14(2)26-23(30)22-18-12-16(6-7-20(18)27-28-22)17-10-15(11-19(24)21(17)25)13-29-8-4-3-5-9-29/h6-7,10-12,14H,3-5,8-9,13H2,1-2H3,(H,26,30)(H,27,28). The fourth-order valence-electron chi connectivity index (χ4n) is 4.01. The van der Waals surface area contributed by atoms with E-state index in [0.717, 1.165) is 31.5 Å². The fraction of sp³-hybridized carbons (Fsp3) is 0.391. The Labute approximate surface area is 174 Å². The second-order valence-electron chi connectivity index (χ2n) is 8.24. The Hall–Kier alpha value is -2.80. The highest BCUT2D eigenvalue weighted by atomic mass is 19.2. The number of carbonyl (C=O) groups is 1. The van der Waals surface area contributed by atoms with Crippen LogP contribution in [0.2, 0.25) is 0 Å². The maximum atomic E-state index is 14.7. The lowest BCUT2D eigenvalue weighted by Crippen LogP contribution is -2.30. The van der Waals surface area contributed by atoms with Crippen molar-refractivity contribution in [2.24, 2.45) is 0 Å². The van der Waals surface area contributed by atoms with Gasteiger partial charge in [0.25, 0.3) is 5.91 Å². The normalized spacial score (nSPS) is 15.1. The Morgan fingerprint density at radius 3 is 2.67 bits per heavy atom. The van der Waals surface area contributed by atoms with Gasteiger partial charge in [0.1, 0.15) is 0 Å². The molecule has 30 heavy (non-hydrogen) atoms. The van der Waals surface area contributed by atoms with Gasteiger partial charge in [0.15, 0.2) is 17.3 Å². The van der Waals surface area contributed by atoms with Gasteiger partial charge < -0.3 is 5.32 Å². The Morgan fingerprint density at radius 2 is 1.93 bits per heavy atom. The van der Waals surface area contributed by atoms with Crippen LogP contribution in [0.25, 0.3) is 22.0 Å². The van der Waals surface area contributed by atoms with Gasteiger partial charge in [0.05, 0.1) is 5.52 Å². The van der Waals surface area contributed by atoms with Crippen molar-refractivity contribution in [3.8, 4) is 11.1 Å². The highest BCUT2D eigenvalue weighted by Crippen LogP contribution is 2.30. The summed E-state index contributed by atoms with van der Waals surface area (Å²) in [5, 5.41) is 10.3. The summed E-state index contributed by atoms with van der Waals surface area (Å²) in [7, 11) is 0. The maximum Gasteiger partial charge on any atom is 0.272 e. The van der Waals surface area contributed by atoms with Gasteiger partial charge in [-0.05, 0) is 75.2 Å². The first-order chi connectivity index (χ1) is 14.4. The molecule has 0 unspecified atom stereocenters. The van der Waals surface area contributed by atoms with Crippen LogP contribution in [-0.4, -0.2) is 40.1 Å². The van der Waals surface area contributed by atoms with Crippen molar-refractivity contribution in [2.75, 3.05) is 13.1 Å². The monoisotopic (exact) mass is 412 g/mol. The summed E-state index contributed by atoms with van der Waals surface area (Å²) in [5.74, 6) is -2.04. The van der Waals surface area contributed by atoms with Crippen LogP contribution >= 0.6 is 0 Å². The number of likely N-dealkylation sites (tertiary alicyclic amines) is 1. The second-order valence-corrected chi connectivity index (χ2v) is 8.24. The molecule has 2 N–H and O–H groups in total. The lowest BCUT2D eigenvalue weighted by atomic mass is 9.99. The van der Waals surface area contributed by atoms with E-state index in [1.807, 2.05) is 13.8 Å². The van der Waals surface area contributed by atoms with Gasteiger partial charge in [0, 0.05) is 23.5 Å². The number of halogens is 2. The van der Waals surface area contributed by atoms with Crippen LogP contribution in [0.5, 0.6) is 0 Å². The molecule has 1 fully saturated rings. The molecule has 0 saturated carbocycles. The minimum absolute atomic E-state index is 0.0366. The molecule has 5 nitrogen and oxygen atoms in total. The highest BCUT2D eigenvalue weighted by molar-refractivity contribution is 6.05. The maximum absolute atomic E-state index is 14.7. The van der Waals surface area contributed by atoms with Crippen molar-refractivity contribution < 1.29 is 13.6 Å². The molecule has 0 radical (unpaired) electrons. The molecule has 0 spiro atoms. The van der Waals surface area contributed by atoms with Gasteiger partial charge in [-0.1, -0.05) is 12.5 Å². The Kier molecular flexibility index (Phi) is 5.81. The number of rotatable bonds is 5. The number of H-pyrrole nitrogens is 1. The third-order valence-electron chi connectivity index (χ3n) is 5.45. The molecule has 4 rings (SSSR count). The molecular formula is C23H26F2N4O. The molecule has 3 aromatic rings. The fourth-order valence-corrected chi connectivity index (χ4v) is 4.01. The number of carbonyl (C=O) groups excluding carboxylic acids is 1. The van der Waals surface area contributed by atoms with E-state index in [4.69, 9.17) is 0 Å². The Balaban J connectivity index is 1.71. The minimum Gasteiger partial charge on any atom is -0.348 e. The van der Waals surface area contributed by atoms with E-state index in [-0.39, 0.29) is 23.2 Å². The first-order valence-corrected chi connectivity index (χ1v) is 10.4. The molecule has 7 heteroatoms. The number of fused-ring (bicyclic) bond motifs is 1. The zero-order valence-corrected chi connectivity index (χ0v) is 17.3. The Morgan fingerprint density at radius 1 is 1.17 bits per heavy atom. The minimum atomic E-state index is -0.881. The molecular weight excluding hydrogens is 386 g/mol. The zero-order chi connectivity index (χ0) is 21.3. The zero-order valence-electron chi connectivity index (χ0n) is 17.3. The first-order valence-electron chi connectivity index (χ1n) is 10.4. The van der Waals surface area contributed by atoms with Gasteiger partial charge >= 0.3 is 0 Å². The van der Waals surface area contributed by atoms with Crippen molar-refractivity contribution in [3.05, 3.63) is 53.2 Å². The lowest BCUT2D eigenvalue weighted by Gasteiger charge is -2.26. The molecule has 1 aromatic heterocycles. The molecule has 158 valence electrons. The number of amides is 1. The molecule has 0 bridgehead atoms. The second kappa shape index (κ2) is 8.52. The van der Waals surface area contributed by atoms with Gasteiger partial charge in [-0.3, -0.25) is 14.8 Å². The summed E-state index contributed by atoms with van der Waals surface area (Å²) < 4.78 is 29.1. The van der Waals surface area contributed by atoms with Crippen LogP contribution in [0.1, 0.15) is 49.2 Å². The highest BCUT2D eigenvalue weighted by Gasteiger charge is 2.19. The average Bonchev–Trinajstić information content (AvgIpc) is 3.14. The van der Waals surface area contributed by atoms with E-state index in [0.29, 0.717) is 23.0 Å². The number of aromatic amines is 1. The van der Waals surface area contributed by atoms with E-state index in [1.54, 1.807) is 24.3 Å². The summed E-state index contributed by atoms with van der Waals surface area (Å²) in [6.45, 7) is 6.28. The van der Waals surface area contributed by atoms with Crippen molar-refractivity contribution in [2.45, 2.75) is 45.7 Å². The van der Waals surface area contributed by atoms with Crippen LogP contribution in [0.4, 0.5) is 8.78 Å². The van der Waals surface area contributed by atoms with Crippen molar-refractivity contribution in [1.29, 1.82) is 0 Å². The van der Waals surface area contributed by atoms with Gasteiger partial charge in [-0.25, -0.2) is 8.78 Å². The molecule has 2 heterocycles. The number of hydrogen-bond acceptors (Lipinski definition) is 3. The molecule has 1 aliphatic rings. The van der Waals surface area contributed by atoms with E-state index in [9.17, 15) is 13.6 Å². The first kappa shape index (κ1) is 20.5. The molecule has 2 aromatic carbocycles. The van der Waals surface area contributed by atoms with Crippen LogP contribution in [0.3, 0.4) is 0 Å². The van der Waals surface area contributed by atoms with E-state index in [1.165, 1.54) is 12.5 Å². The van der Waals surface area contributed by atoms with Gasteiger partial charge in [0.2, 0.25) is 0 Å². The van der Waals surface area contributed by atoms with Gasteiger partial charge in [-0.2, -0.15) is 5.10 Å². The van der Waals surface area contributed by atoms with Gasteiger partial charge in [-0.15, -0.1) is 0 Å². The molecule has 1 aliphatic heterocycles. The summed E-state index contributed by atoms with van der Waals surface area (Å²) in [6, 6.07) is 8.10.